The van der Waals surface area contributed by atoms with E-state index in [0.29, 0.717) is 17.2 Å². The number of pyridine rings is 1. The number of hydrogen-bond acceptors (Lipinski definition) is 2. The van der Waals surface area contributed by atoms with E-state index in [9.17, 15) is 4.79 Å². The van der Waals surface area contributed by atoms with Crippen LogP contribution < -0.4 is 14.6 Å². The predicted octanol–water partition coefficient (Wildman–Crippen LogP) is 9.78. The second-order valence-electron chi connectivity index (χ2n) is 10.9. The number of nitrogens with one attached hydrogen (secondary N) is 1. The molecule has 0 bridgehead atoms. The lowest BCUT2D eigenvalue weighted by Gasteiger charge is -2.19. The first-order valence-electron chi connectivity index (χ1n) is 15.8. The van der Waals surface area contributed by atoms with E-state index in [1.165, 1.54) is 83.5 Å². The zero-order valence-electron chi connectivity index (χ0n) is 25.0. The van der Waals surface area contributed by atoms with Gasteiger partial charge in [-0.3, -0.25) is 4.79 Å². The van der Waals surface area contributed by atoms with Gasteiger partial charge in [-0.25, -0.2) is 4.57 Å². The quantitative estimate of drug-likeness (QED) is 0.116. The van der Waals surface area contributed by atoms with Crippen molar-refractivity contribution in [2.45, 2.75) is 136 Å². The maximum Gasteiger partial charge on any atom is 0.252 e. The molecule has 0 spiro atoms. The SMILES string of the molecule is CCCCCCCCCCCCCCCCOc1ccc(C(CC)NC(=O)c2cc[n+](CCC)cc2)cc1Cl. The molecule has 0 aliphatic rings. The van der Waals surface area contributed by atoms with Crippen molar-refractivity contribution in [3.05, 3.63) is 58.9 Å². The Labute approximate surface area is 243 Å². The Balaban J connectivity index is 1.61. The third kappa shape index (κ3) is 13.7. The van der Waals surface area contributed by atoms with Crippen molar-refractivity contribution in [2.75, 3.05) is 6.61 Å². The molecule has 0 aliphatic carbocycles. The molecule has 0 aliphatic heterocycles. The minimum Gasteiger partial charge on any atom is -0.492 e. The van der Waals surface area contributed by atoms with Crippen LogP contribution in [-0.4, -0.2) is 12.5 Å². The van der Waals surface area contributed by atoms with Crippen LogP contribution in [0, 0.1) is 0 Å². The topological polar surface area (TPSA) is 42.2 Å². The summed E-state index contributed by atoms with van der Waals surface area (Å²) >= 11 is 6.56. The lowest BCUT2D eigenvalue weighted by molar-refractivity contribution is -0.697. The molecule has 1 amide bonds. The van der Waals surface area contributed by atoms with Gasteiger partial charge < -0.3 is 10.1 Å². The molecule has 0 radical (unpaired) electrons. The number of ether oxygens (including phenoxy) is 1. The van der Waals surface area contributed by atoms with Crippen molar-refractivity contribution in [1.82, 2.24) is 5.32 Å². The van der Waals surface area contributed by atoms with Crippen LogP contribution in [0.3, 0.4) is 0 Å². The fourth-order valence-corrected chi connectivity index (χ4v) is 5.25. The number of rotatable bonds is 22. The lowest BCUT2D eigenvalue weighted by Crippen LogP contribution is -2.34. The molecule has 1 aromatic heterocycles. The zero-order chi connectivity index (χ0) is 28.1. The molecule has 2 rings (SSSR count). The van der Waals surface area contributed by atoms with E-state index in [2.05, 4.69) is 30.7 Å². The molecule has 1 heterocycles. The van der Waals surface area contributed by atoms with Gasteiger partial charge in [-0.2, -0.15) is 0 Å². The fourth-order valence-electron chi connectivity index (χ4n) is 5.01. The minimum absolute atomic E-state index is 0.0697. The van der Waals surface area contributed by atoms with Crippen molar-refractivity contribution in [3.8, 4) is 5.75 Å². The zero-order valence-corrected chi connectivity index (χ0v) is 25.7. The molecule has 1 N–H and O–H groups in total. The van der Waals surface area contributed by atoms with Gasteiger partial charge in [0.15, 0.2) is 12.4 Å². The molecule has 2 aromatic rings. The summed E-state index contributed by atoms with van der Waals surface area (Å²) in [6.07, 6.45) is 24.6. The number of carbonyl (C=O) groups is 1. The Morgan fingerprint density at radius 2 is 1.36 bits per heavy atom. The van der Waals surface area contributed by atoms with Crippen LogP contribution in [0.25, 0.3) is 0 Å². The standard InChI is InChI=1S/C34H53ClN2O2/c1-4-7-8-9-10-11-12-13-14-15-16-17-18-19-27-39-33-21-20-30(28-31(33)35)32(6-3)36-34(38)29-22-25-37(24-5-2)26-23-29/h20-23,25-26,28,32H,4-19,24,27H2,1-3H3/p+1. The Morgan fingerprint density at radius 3 is 1.87 bits per heavy atom. The van der Waals surface area contributed by atoms with E-state index < -0.39 is 0 Å². The second kappa shape index (κ2) is 20.8. The van der Waals surface area contributed by atoms with Crippen LogP contribution in [0.1, 0.15) is 145 Å². The van der Waals surface area contributed by atoms with E-state index in [4.69, 9.17) is 16.3 Å². The third-order valence-electron chi connectivity index (χ3n) is 7.46. The van der Waals surface area contributed by atoms with Crippen molar-refractivity contribution < 1.29 is 14.1 Å². The fraction of sp³-hybridized carbons (Fsp3) is 0.647. The average molecular weight is 558 g/mol. The first kappa shape index (κ1) is 33.1. The molecule has 1 aromatic carbocycles. The predicted molar refractivity (Wildman–Crippen MR) is 165 cm³/mol. The van der Waals surface area contributed by atoms with Gasteiger partial charge in [0, 0.05) is 18.6 Å². The summed E-state index contributed by atoms with van der Waals surface area (Å²) < 4.78 is 8.06. The highest BCUT2D eigenvalue weighted by molar-refractivity contribution is 6.32. The van der Waals surface area contributed by atoms with Gasteiger partial charge >= 0.3 is 0 Å². The highest BCUT2D eigenvalue weighted by Crippen LogP contribution is 2.29. The molecule has 0 saturated heterocycles. The first-order valence-corrected chi connectivity index (χ1v) is 16.2. The van der Waals surface area contributed by atoms with E-state index in [-0.39, 0.29) is 11.9 Å². The monoisotopic (exact) mass is 557 g/mol. The van der Waals surface area contributed by atoms with Gasteiger partial charge in [-0.15, -0.1) is 0 Å². The molecule has 0 fully saturated rings. The summed E-state index contributed by atoms with van der Waals surface area (Å²) in [5.41, 5.74) is 1.66. The van der Waals surface area contributed by atoms with Crippen LogP contribution in [0.2, 0.25) is 5.02 Å². The van der Waals surface area contributed by atoms with Gasteiger partial charge in [0.2, 0.25) is 0 Å². The highest BCUT2D eigenvalue weighted by atomic mass is 35.5. The molecule has 1 atom stereocenters. The van der Waals surface area contributed by atoms with Gasteiger partial charge in [0.25, 0.3) is 5.91 Å². The first-order chi connectivity index (χ1) is 19.1. The van der Waals surface area contributed by atoms with Crippen molar-refractivity contribution in [3.63, 3.8) is 0 Å². The van der Waals surface area contributed by atoms with Crippen LogP contribution in [0.15, 0.2) is 42.7 Å². The molecular weight excluding hydrogens is 504 g/mol. The largest absolute Gasteiger partial charge is 0.492 e. The summed E-state index contributed by atoms with van der Waals surface area (Å²) in [6.45, 7) is 8.13. The van der Waals surface area contributed by atoms with E-state index in [0.717, 1.165) is 37.1 Å². The number of hydrogen-bond donors (Lipinski definition) is 1. The molecule has 4 nitrogen and oxygen atoms in total. The molecule has 5 heteroatoms. The van der Waals surface area contributed by atoms with E-state index >= 15 is 0 Å². The number of amides is 1. The summed E-state index contributed by atoms with van der Waals surface area (Å²) in [6, 6.07) is 9.53. The second-order valence-corrected chi connectivity index (χ2v) is 11.3. The van der Waals surface area contributed by atoms with Crippen molar-refractivity contribution >= 4 is 17.5 Å². The Kier molecular flexibility index (Phi) is 17.7. The van der Waals surface area contributed by atoms with E-state index in [1.807, 2.05) is 42.7 Å². The molecule has 218 valence electrons. The van der Waals surface area contributed by atoms with Crippen LogP contribution in [0.5, 0.6) is 5.75 Å². The summed E-state index contributed by atoms with van der Waals surface area (Å²) in [5.74, 6) is 0.652. The number of aryl methyl sites for hydroxylation is 1. The van der Waals surface area contributed by atoms with Gasteiger partial charge in [0.1, 0.15) is 12.3 Å². The Bertz CT molecular complexity index is 916. The summed E-state index contributed by atoms with van der Waals surface area (Å²) in [5, 5.41) is 3.75. The third-order valence-corrected chi connectivity index (χ3v) is 7.76. The number of benzene rings is 1. The molecule has 39 heavy (non-hydrogen) atoms. The number of halogens is 1. The Morgan fingerprint density at radius 1 is 0.795 bits per heavy atom. The van der Waals surface area contributed by atoms with Gasteiger partial charge in [-0.1, -0.05) is 122 Å². The van der Waals surface area contributed by atoms with Crippen LogP contribution in [-0.2, 0) is 6.54 Å². The maximum atomic E-state index is 12.8. The summed E-state index contributed by atoms with van der Waals surface area (Å²) in [4.78, 5) is 12.8. The Hall–Kier alpha value is -2.07. The molecule has 0 saturated carbocycles. The average Bonchev–Trinajstić information content (AvgIpc) is 2.95. The van der Waals surface area contributed by atoms with E-state index in [1.54, 1.807) is 0 Å². The number of aromatic nitrogens is 1. The maximum absolute atomic E-state index is 12.8. The number of carbonyl (C=O) groups excluding carboxylic acids is 1. The van der Waals surface area contributed by atoms with Gasteiger partial charge in [-0.05, 0) is 30.5 Å². The minimum atomic E-state index is -0.0992. The smallest absolute Gasteiger partial charge is 0.252 e. The van der Waals surface area contributed by atoms with Crippen LogP contribution >= 0.6 is 11.6 Å². The van der Waals surface area contributed by atoms with Gasteiger partial charge in [0.05, 0.1) is 23.2 Å². The van der Waals surface area contributed by atoms with Crippen molar-refractivity contribution in [1.29, 1.82) is 0 Å². The van der Waals surface area contributed by atoms with Crippen molar-refractivity contribution in [2.24, 2.45) is 0 Å². The highest BCUT2D eigenvalue weighted by Gasteiger charge is 2.16. The summed E-state index contributed by atoms with van der Waals surface area (Å²) in [7, 11) is 0. The molecule has 1 unspecified atom stereocenters. The number of unbranched alkanes of at least 4 members (excludes halogenated alkanes) is 13. The normalized spacial score (nSPS) is 11.9. The number of nitrogens with zero attached hydrogens (tertiary/aromatic N) is 1. The lowest BCUT2D eigenvalue weighted by atomic mass is 10.0. The van der Waals surface area contributed by atoms with Crippen LogP contribution in [0.4, 0.5) is 0 Å². The molecular formula is C34H54ClN2O2+.